The Hall–Kier alpha value is -4.39. The number of hydrogen-bond acceptors (Lipinski definition) is 5. The zero-order valence-corrected chi connectivity index (χ0v) is 20.4. The lowest BCUT2D eigenvalue weighted by molar-refractivity contribution is -0.136. The molecule has 0 spiro atoms. The summed E-state index contributed by atoms with van der Waals surface area (Å²) in [7, 11) is 0. The standard InChI is InChI=1S/C30H28N4O3/c31-30-24-14-21(9-8-20(24)12-13-32-30)22-10-11-26-25(15-22)27(34(33-26)17-19-4-3-5-19)18-37-28-7-2-1-6-23(28)16-29(35)36/h1-2,6-15,19H,3-5,16-18H2,(H2,31,32)(H,35,36). The molecule has 37 heavy (non-hydrogen) atoms. The van der Waals surface area contributed by atoms with E-state index in [1.807, 2.05) is 24.3 Å². The second kappa shape index (κ2) is 9.58. The highest BCUT2D eigenvalue weighted by Gasteiger charge is 2.22. The molecule has 2 aromatic heterocycles. The zero-order valence-electron chi connectivity index (χ0n) is 20.4. The Kier molecular flexibility index (Phi) is 5.96. The normalized spacial score (nSPS) is 13.6. The molecule has 1 fully saturated rings. The van der Waals surface area contributed by atoms with Crippen molar-refractivity contribution in [3.63, 3.8) is 0 Å². The fourth-order valence-corrected chi connectivity index (χ4v) is 5.06. The molecular weight excluding hydrogens is 464 g/mol. The van der Waals surface area contributed by atoms with Crippen molar-refractivity contribution in [2.75, 3.05) is 5.73 Å². The van der Waals surface area contributed by atoms with Crippen LogP contribution in [0, 0.1) is 5.92 Å². The van der Waals surface area contributed by atoms with E-state index in [-0.39, 0.29) is 6.42 Å². The molecule has 6 rings (SSSR count). The second-order valence-corrected chi connectivity index (χ2v) is 9.76. The van der Waals surface area contributed by atoms with Crippen molar-refractivity contribution in [3.8, 4) is 16.9 Å². The summed E-state index contributed by atoms with van der Waals surface area (Å²) in [6.07, 6.45) is 5.35. The van der Waals surface area contributed by atoms with Crippen LogP contribution in [0.15, 0.2) is 72.9 Å². The van der Waals surface area contributed by atoms with Gasteiger partial charge in [-0.25, -0.2) is 4.98 Å². The van der Waals surface area contributed by atoms with Crippen molar-refractivity contribution in [3.05, 3.63) is 84.2 Å². The maximum absolute atomic E-state index is 11.3. The van der Waals surface area contributed by atoms with Crippen LogP contribution in [0.4, 0.5) is 5.82 Å². The summed E-state index contributed by atoms with van der Waals surface area (Å²) in [5, 5.41) is 17.3. The maximum Gasteiger partial charge on any atom is 0.307 e. The second-order valence-electron chi connectivity index (χ2n) is 9.76. The Morgan fingerprint density at radius 2 is 1.81 bits per heavy atom. The number of anilines is 1. The molecule has 7 nitrogen and oxygen atoms in total. The summed E-state index contributed by atoms with van der Waals surface area (Å²) < 4.78 is 8.32. The van der Waals surface area contributed by atoms with E-state index in [1.165, 1.54) is 19.3 Å². The van der Waals surface area contributed by atoms with Crippen molar-refractivity contribution in [2.45, 2.75) is 38.8 Å². The molecule has 1 saturated carbocycles. The van der Waals surface area contributed by atoms with E-state index in [1.54, 1.807) is 12.3 Å². The molecular formula is C30H28N4O3. The number of para-hydroxylation sites is 1. The zero-order chi connectivity index (χ0) is 25.4. The molecule has 0 saturated heterocycles. The van der Waals surface area contributed by atoms with E-state index in [2.05, 4.69) is 46.1 Å². The summed E-state index contributed by atoms with van der Waals surface area (Å²) in [6, 6.07) is 21.8. The van der Waals surface area contributed by atoms with Crippen molar-refractivity contribution in [1.29, 1.82) is 0 Å². The first kappa shape index (κ1) is 23.0. The lowest BCUT2D eigenvalue weighted by Crippen LogP contribution is -2.20. The fraction of sp³-hybridized carbons (Fsp3) is 0.233. The molecule has 3 N–H and O–H groups in total. The van der Waals surface area contributed by atoms with Gasteiger partial charge in [-0.3, -0.25) is 9.48 Å². The van der Waals surface area contributed by atoms with Gasteiger partial charge in [0.1, 0.15) is 18.2 Å². The number of carbonyl (C=O) groups is 1. The molecule has 0 amide bonds. The predicted octanol–water partition coefficient (Wildman–Crippen LogP) is 5.84. The van der Waals surface area contributed by atoms with E-state index in [4.69, 9.17) is 15.6 Å². The number of pyridine rings is 1. The lowest BCUT2D eigenvalue weighted by atomic mass is 9.85. The molecule has 0 unspecified atom stereocenters. The molecule has 1 aliphatic carbocycles. The Balaban J connectivity index is 1.39. The molecule has 1 aliphatic rings. The number of aromatic nitrogens is 3. The van der Waals surface area contributed by atoms with E-state index in [0.29, 0.717) is 29.7 Å². The van der Waals surface area contributed by atoms with Gasteiger partial charge in [0.2, 0.25) is 0 Å². The number of benzene rings is 3. The highest BCUT2D eigenvalue weighted by atomic mass is 16.5. The summed E-state index contributed by atoms with van der Waals surface area (Å²) in [6.45, 7) is 1.16. The Morgan fingerprint density at radius 3 is 2.59 bits per heavy atom. The van der Waals surface area contributed by atoms with Crippen LogP contribution in [0.2, 0.25) is 0 Å². The van der Waals surface area contributed by atoms with Crippen molar-refractivity contribution in [1.82, 2.24) is 14.8 Å². The smallest absolute Gasteiger partial charge is 0.307 e. The van der Waals surface area contributed by atoms with E-state index in [9.17, 15) is 9.90 Å². The number of aliphatic carboxylic acids is 1. The highest BCUT2D eigenvalue weighted by molar-refractivity contribution is 5.95. The molecule has 3 aromatic carbocycles. The van der Waals surface area contributed by atoms with Crippen LogP contribution in [0.25, 0.3) is 32.8 Å². The third-order valence-electron chi connectivity index (χ3n) is 7.31. The lowest BCUT2D eigenvalue weighted by Gasteiger charge is -2.26. The van der Waals surface area contributed by atoms with Crippen molar-refractivity contribution in [2.24, 2.45) is 5.92 Å². The van der Waals surface area contributed by atoms with Gasteiger partial charge in [0.05, 0.1) is 17.6 Å². The van der Waals surface area contributed by atoms with Crippen LogP contribution >= 0.6 is 0 Å². The van der Waals surface area contributed by atoms with Crippen LogP contribution in [0.5, 0.6) is 5.75 Å². The maximum atomic E-state index is 11.3. The Morgan fingerprint density at radius 1 is 1.03 bits per heavy atom. The average molecular weight is 493 g/mol. The third kappa shape index (κ3) is 4.60. The van der Waals surface area contributed by atoms with Gasteiger partial charge in [-0.2, -0.15) is 5.10 Å². The minimum Gasteiger partial charge on any atom is -0.487 e. The number of nitrogens with two attached hydrogens (primary N) is 1. The number of rotatable bonds is 8. The largest absolute Gasteiger partial charge is 0.487 e. The quantitative estimate of drug-likeness (QED) is 0.282. The van der Waals surface area contributed by atoms with E-state index < -0.39 is 5.97 Å². The van der Waals surface area contributed by atoms with Crippen LogP contribution in [0.1, 0.15) is 30.5 Å². The number of nitrogens with zero attached hydrogens (tertiary/aromatic N) is 3. The van der Waals surface area contributed by atoms with Gasteiger partial charge < -0.3 is 15.6 Å². The first-order valence-electron chi connectivity index (χ1n) is 12.6. The van der Waals surface area contributed by atoms with Crippen molar-refractivity contribution < 1.29 is 14.6 Å². The first-order chi connectivity index (χ1) is 18.0. The summed E-state index contributed by atoms with van der Waals surface area (Å²) in [4.78, 5) is 15.6. The van der Waals surface area contributed by atoms with E-state index in [0.717, 1.165) is 45.0 Å². The van der Waals surface area contributed by atoms with Gasteiger partial charge in [-0.1, -0.05) is 42.8 Å². The van der Waals surface area contributed by atoms with Crippen LogP contribution in [-0.2, 0) is 24.4 Å². The predicted molar refractivity (Wildman–Crippen MR) is 144 cm³/mol. The molecule has 2 heterocycles. The van der Waals surface area contributed by atoms with Crippen molar-refractivity contribution >= 4 is 33.5 Å². The van der Waals surface area contributed by atoms with Crippen LogP contribution < -0.4 is 10.5 Å². The Bertz CT molecular complexity index is 1620. The molecule has 0 atom stereocenters. The number of ether oxygens (including phenoxy) is 1. The van der Waals surface area contributed by atoms with Gasteiger partial charge in [0.15, 0.2) is 0 Å². The SMILES string of the molecule is Nc1nccc2ccc(-c3ccc4nn(CC5CCC5)c(COc5ccccc5CC(=O)O)c4c3)cc12. The Labute approximate surface area is 214 Å². The topological polar surface area (TPSA) is 103 Å². The van der Waals surface area contributed by atoms with Crippen LogP contribution in [0.3, 0.4) is 0 Å². The van der Waals surface area contributed by atoms with Crippen LogP contribution in [-0.4, -0.2) is 25.8 Å². The minimum absolute atomic E-state index is 0.0810. The summed E-state index contributed by atoms with van der Waals surface area (Å²) in [5.41, 5.74) is 10.8. The van der Waals surface area contributed by atoms with E-state index >= 15 is 0 Å². The first-order valence-corrected chi connectivity index (χ1v) is 12.6. The molecule has 7 heteroatoms. The monoisotopic (exact) mass is 492 g/mol. The average Bonchev–Trinajstić information content (AvgIpc) is 3.22. The molecule has 0 radical (unpaired) electrons. The summed E-state index contributed by atoms with van der Waals surface area (Å²) in [5.74, 6) is 0.848. The van der Waals surface area contributed by atoms with Gasteiger partial charge in [-0.15, -0.1) is 0 Å². The third-order valence-corrected chi connectivity index (χ3v) is 7.31. The molecule has 186 valence electrons. The van der Waals surface area contributed by atoms with Gasteiger partial charge in [0, 0.05) is 29.1 Å². The number of hydrogen-bond donors (Lipinski definition) is 2. The molecule has 0 aliphatic heterocycles. The number of nitrogen functional groups attached to an aromatic ring is 1. The fourth-order valence-electron chi connectivity index (χ4n) is 5.06. The minimum atomic E-state index is -0.882. The van der Waals surface area contributed by atoms with Gasteiger partial charge in [0.25, 0.3) is 0 Å². The number of carboxylic acid groups (broad SMARTS) is 1. The highest BCUT2D eigenvalue weighted by Crippen LogP contribution is 2.33. The number of fused-ring (bicyclic) bond motifs is 2. The van der Waals surface area contributed by atoms with Gasteiger partial charge >= 0.3 is 5.97 Å². The van der Waals surface area contributed by atoms with Gasteiger partial charge in [-0.05, 0) is 65.6 Å². The number of carboxylic acids is 1. The molecule has 0 bridgehead atoms. The molecule has 5 aromatic rings. The summed E-state index contributed by atoms with van der Waals surface area (Å²) >= 11 is 0.